The van der Waals surface area contributed by atoms with Crippen molar-refractivity contribution in [2.24, 2.45) is 0 Å². The predicted octanol–water partition coefficient (Wildman–Crippen LogP) is 0.123. The average Bonchev–Trinajstić information content (AvgIpc) is 2.36. The van der Waals surface area contributed by atoms with Crippen molar-refractivity contribution < 1.29 is 24.5 Å². The van der Waals surface area contributed by atoms with E-state index in [1.165, 1.54) is 6.08 Å². The Balaban J connectivity index is 2.50. The quantitative estimate of drug-likeness (QED) is 0.441. The van der Waals surface area contributed by atoms with Gasteiger partial charge in [0.05, 0.1) is 6.61 Å². The molecule has 5 heteroatoms. The molecule has 0 aliphatic rings. The van der Waals surface area contributed by atoms with Crippen molar-refractivity contribution in [2.45, 2.75) is 6.10 Å². The highest BCUT2D eigenvalue weighted by Gasteiger charge is 2.17. The molecule has 0 amide bonds. The van der Waals surface area contributed by atoms with Crippen molar-refractivity contribution in [1.29, 1.82) is 0 Å². The van der Waals surface area contributed by atoms with E-state index in [0.29, 0.717) is 0 Å². The molecule has 0 fully saturated rings. The van der Waals surface area contributed by atoms with Crippen LogP contribution in [0.1, 0.15) is 5.56 Å². The van der Waals surface area contributed by atoms with Crippen molar-refractivity contribution >= 4 is 18.0 Å². The van der Waals surface area contributed by atoms with Crippen molar-refractivity contribution in [1.82, 2.24) is 0 Å². The molecule has 0 aliphatic heterocycles. The van der Waals surface area contributed by atoms with Crippen LogP contribution in [-0.2, 0) is 14.3 Å². The first-order chi connectivity index (χ1) is 8.13. The first-order valence-electron chi connectivity index (χ1n) is 4.91. The van der Waals surface area contributed by atoms with E-state index in [1.807, 2.05) is 6.07 Å². The van der Waals surface area contributed by atoms with Gasteiger partial charge in [0.25, 0.3) is 0 Å². The maximum absolute atomic E-state index is 11.1. The summed E-state index contributed by atoms with van der Waals surface area (Å²) in [6.07, 6.45) is 0.849. The summed E-state index contributed by atoms with van der Waals surface area (Å²) in [4.78, 5) is 22.0. The molecule has 5 nitrogen and oxygen atoms in total. The Hall–Kier alpha value is -1.98. The number of carbonyl (C=O) groups excluding carboxylic acids is 2. The lowest BCUT2D eigenvalue weighted by molar-refractivity contribution is -0.164. The zero-order valence-corrected chi connectivity index (χ0v) is 8.95. The number of hydrogen-bond acceptors (Lipinski definition) is 5. The maximum atomic E-state index is 11.1. The zero-order valence-electron chi connectivity index (χ0n) is 8.95. The summed E-state index contributed by atoms with van der Waals surface area (Å²) < 4.78 is 4.25. The van der Waals surface area contributed by atoms with Crippen molar-refractivity contribution in [3.05, 3.63) is 42.0 Å². The molecule has 0 saturated carbocycles. The number of benzene rings is 1. The number of aliphatic hydroxyl groups is 2. The van der Waals surface area contributed by atoms with Crippen LogP contribution in [0.25, 0.3) is 6.08 Å². The van der Waals surface area contributed by atoms with Crippen LogP contribution in [0.5, 0.6) is 0 Å². The highest BCUT2D eigenvalue weighted by atomic mass is 16.6. The second-order valence-corrected chi connectivity index (χ2v) is 3.18. The van der Waals surface area contributed by atoms with E-state index in [1.54, 1.807) is 24.3 Å². The number of carbonyl (C=O) groups is 2. The summed E-state index contributed by atoms with van der Waals surface area (Å²) in [6.45, 7) is -0.783. The van der Waals surface area contributed by atoms with E-state index in [-0.39, 0.29) is 0 Å². The van der Waals surface area contributed by atoms with Crippen LogP contribution in [0.4, 0.5) is 0 Å². The van der Waals surface area contributed by atoms with Gasteiger partial charge in [-0.25, -0.2) is 9.59 Å². The summed E-state index contributed by atoms with van der Waals surface area (Å²) in [6, 6.07) is 8.97. The van der Waals surface area contributed by atoms with E-state index in [2.05, 4.69) is 4.74 Å². The van der Waals surface area contributed by atoms with Crippen LogP contribution in [-0.4, -0.2) is 34.9 Å². The minimum atomic E-state index is -1.69. The lowest BCUT2D eigenvalue weighted by Crippen LogP contribution is -2.28. The second-order valence-electron chi connectivity index (χ2n) is 3.18. The standard InChI is InChI=1S/C12H12O5/c13-8-10(14)12(16)17-11(15)7-6-9-4-2-1-3-5-9/h1-7,10,13-14H,8H2/b7-6+. The molecule has 90 valence electrons. The first-order valence-corrected chi connectivity index (χ1v) is 4.91. The van der Waals surface area contributed by atoms with E-state index in [4.69, 9.17) is 10.2 Å². The Kier molecular flexibility index (Phi) is 5.06. The van der Waals surface area contributed by atoms with Gasteiger partial charge in [-0.05, 0) is 11.6 Å². The van der Waals surface area contributed by atoms with Crippen molar-refractivity contribution in [2.75, 3.05) is 6.61 Å². The van der Waals surface area contributed by atoms with Crippen LogP contribution in [0, 0.1) is 0 Å². The summed E-state index contributed by atoms with van der Waals surface area (Å²) in [5.41, 5.74) is 0.777. The van der Waals surface area contributed by atoms with Crippen LogP contribution < -0.4 is 0 Å². The number of aliphatic hydroxyl groups excluding tert-OH is 2. The van der Waals surface area contributed by atoms with E-state index in [0.717, 1.165) is 11.6 Å². The van der Waals surface area contributed by atoms with Crippen molar-refractivity contribution in [3.8, 4) is 0 Å². The molecule has 0 radical (unpaired) electrons. The van der Waals surface area contributed by atoms with Crippen LogP contribution in [0.3, 0.4) is 0 Å². The molecular weight excluding hydrogens is 224 g/mol. The molecule has 1 unspecified atom stereocenters. The monoisotopic (exact) mass is 236 g/mol. The lowest BCUT2D eigenvalue weighted by atomic mass is 10.2. The van der Waals surface area contributed by atoms with E-state index in [9.17, 15) is 9.59 Å². The van der Waals surface area contributed by atoms with Gasteiger partial charge in [0.1, 0.15) is 0 Å². The normalized spacial score (nSPS) is 12.4. The molecule has 0 bridgehead atoms. The molecule has 0 aromatic heterocycles. The Bertz CT molecular complexity index is 410. The van der Waals surface area contributed by atoms with Gasteiger partial charge in [-0.15, -0.1) is 0 Å². The first kappa shape index (κ1) is 13.1. The van der Waals surface area contributed by atoms with E-state index < -0.39 is 24.6 Å². The Morgan fingerprint density at radius 2 is 1.94 bits per heavy atom. The van der Waals surface area contributed by atoms with Gasteiger partial charge >= 0.3 is 11.9 Å². The molecule has 0 aliphatic carbocycles. The minimum absolute atomic E-state index is 0.777. The Morgan fingerprint density at radius 3 is 2.53 bits per heavy atom. The molecule has 2 N–H and O–H groups in total. The van der Waals surface area contributed by atoms with Crippen molar-refractivity contribution in [3.63, 3.8) is 0 Å². The van der Waals surface area contributed by atoms with Gasteiger partial charge in [-0.3, -0.25) is 0 Å². The fourth-order valence-electron chi connectivity index (χ4n) is 1.00. The molecule has 0 heterocycles. The predicted molar refractivity (Wildman–Crippen MR) is 59.7 cm³/mol. The Labute approximate surface area is 98.0 Å². The molecule has 0 spiro atoms. The van der Waals surface area contributed by atoms with Gasteiger partial charge in [0.15, 0.2) is 6.10 Å². The molecule has 1 rings (SSSR count). The largest absolute Gasteiger partial charge is 0.393 e. The highest BCUT2D eigenvalue weighted by molar-refractivity contribution is 5.95. The molecular formula is C12H12O5. The minimum Gasteiger partial charge on any atom is -0.393 e. The summed E-state index contributed by atoms with van der Waals surface area (Å²) in [5.74, 6) is -2.07. The fraction of sp³-hybridized carbons (Fsp3) is 0.167. The smallest absolute Gasteiger partial charge is 0.345 e. The summed E-state index contributed by atoms with van der Waals surface area (Å²) in [7, 11) is 0. The Morgan fingerprint density at radius 1 is 1.29 bits per heavy atom. The number of rotatable bonds is 4. The molecule has 0 saturated heterocycles. The van der Waals surface area contributed by atoms with Gasteiger partial charge in [-0.2, -0.15) is 0 Å². The van der Waals surface area contributed by atoms with Gasteiger partial charge in [0, 0.05) is 6.08 Å². The third-order valence-corrected chi connectivity index (χ3v) is 1.86. The number of hydrogen-bond donors (Lipinski definition) is 2. The fourth-order valence-corrected chi connectivity index (χ4v) is 1.00. The molecule has 17 heavy (non-hydrogen) atoms. The number of ether oxygens (including phenoxy) is 1. The molecule has 1 atom stereocenters. The second kappa shape index (κ2) is 6.57. The van der Waals surface area contributed by atoms with Crippen LogP contribution in [0.2, 0.25) is 0 Å². The third kappa shape index (κ3) is 4.58. The molecule has 1 aromatic rings. The van der Waals surface area contributed by atoms with Gasteiger partial charge in [-0.1, -0.05) is 30.3 Å². The summed E-state index contributed by atoms with van der Waals surface area (Å²) >= 11 is 0. The number of esters is 2. The van der Waals surface area contributed by atoms with Gasteiger partial charge in [0.2, 0.25) is 0 Å². The topological polar surface area (TPSA) is 83.8 Å². The highest BCUT2D eigenvalue weighted by Crippen LogP contribution is 2.01. The zero-order chi connectivity index (χ0) is 12.7. The SMILES string of the molecule is O=C(/C=C/c1ccccc1)OC(=O)C(O)CO. The third-order valence-electron chi connectivity index (χ3n) is 1.86. The van der Waals surface area contributed by atoms with Crippen LogP contribution >= 0.6 is 0 Å². The summed E-state index contributed by atoms with van der Waals surface area (Å²) in [5, 5.41) is 17.3. The molecule has 1 aromatic carbocycles. The maximum Gasteiger partial charge on any atom is 0.345 e. The average molecular weight is 236 g/mol. The van der Waals surface area contributed by atoms with Crippen LogP contribution in [0.15, 0.2) is 36.4 Å². The lowest BCUT2D eigenvalue weighted by Gasteiger charge is -2.03. The van der Waals surface area contributed by atoms with Gasteiger partial charge < -0.3 is 14.9 Å². The van der Waals surface area contributed by atoms with E-state index >= 15 is 0 Å².